The number of hydrogen-bond donors (Lipinski definition) is 0. The molecule has 0 aromatic carbocycles. The Morgan fingerprint density at radius 1 is 1.33 bits per heavy atom. The third-order valence-corrected chi connectivity index (χ3v) is 8.48. The normalized spacial score (nSPS) is 21.5. The van der Waals surface area contributed by atoms with Crippen molar-refractivity contribution in [3.8, 4) is 6.01 Å². The van der Waals surface area contributed by atoms with Crippen LogP contribution in [-0.2, 0) is 21.1 Å². The van der Waals surface area contributed by atoms with Crippen molar-refractivity contribution in [3.63, 3.8) is 0 Å². The molecule has 4 heterocycles. The fraction of sp³-hybridized carbons (Fsp3) is 0.579. The third kappa shape index (κ3) is 3.67. The highest BCUT2D eigenvalue weighted by atomic mass is 32.2. The Hall–Kier alpha value is -2.53. The van der Waals surface area contributed by atoms with Gasteiger partial charge in [-0.05, 0) is 25.5 Å². The van der Waals surface area contributed by atoms with Crippen molar-refractivity contribution in [1.29, 1.82) is 0 Å². The predicted octanol–water partition coefficient (Wildman–Crippen LogP) is 0.336. The average Bonchev–Trinajstić information content (AvgIpc) is 3.25. The first-order valence-electron chi connectivity index (χ1n) is 9.81. The lowest BCUT2D eigenvalue weighted by molar-refractivity contribution is 0.0397. The monoisotopic (exact) mass is 435 g/mol. The molecule has 0 saturated carbocycles. The van der Waals surface area contributed by atoms with Crippen LogP contribution in [0.5, 0.6) is 6.01 Å². The number of aromatic nitrogens is 4. The van der Waals surface area contributed by atoms with Gasteiger partial charge in [0.25, 0.3) is 5.91 Å². The van der Waals surface area contributed by atoms with Gasteiger partial charge in [0.05, 0.1) is 25.5 Å². The molecule has 0 aliphatic carbocycles. The third-order valence-electron chi connectivity index (χ3n) is 5.87. The number of likely N-dealkylation sites (tertiary alicyclic amines) is 1. The molecule has 30 heavy (non-hydrogen) atoms. The molecule has 2 aromatic rings. The Bertz CT molecular complexity index is 1030. The molecule has 1 spiro atoms. The molecule has 0 unspecified atom stereocenters. The molecule has 1 atom stereocenters. The summed E-state index contributed by atoms with van der Waals surface area (Å²) in [5, 5.41) is 4.26. The van der Waals surface area contributed by atoms with Gasteiger partial charge >= 0.3 is 6.01 Å². The van der Waals surface area contributed by atoms with Gasteiger partial charge in [-0.25, -0.2) is 18.4 Å². The van der Waals surface area contributed by atoms with Gasteiger partial charge in [-0.2, -0.15) is 5.10 Å². The van der Waals surface area contributed by atoms with E-state index in [4.69, 9.17) is 9.47 Å². The van der Waals surface area contributed by atoms with Gasteiger partial charge in [0, 0.05) is 44.2 Å². The number of carbonyl (C=O) groups excluding carboxylic acids is 1. The number of methoxy groups -OCH3 is 1. The Kier molecular flexibility index (Phi) is 5.49. The van der Waals surface area contributed by atoms with Crippen LogP contribution < -0.4 is 4.74 Å². The average molecular weight is 436 g/mol. The van der Waals surface area contributed by atoms with E-state index in [9.17, 15) is 13.2 Å². The Labute approximate surface area is 175 Å². The lowest BCUT2D eigenvalue weighted by Crippen LogP contribution is -2.69. The summed E-state index contributed by atoms with van der Waals surface area (Å²) >= 11 is 0. The van der Waals surface area contributed by atoms with Crippen LogP contribution in [0.4, 0.5) is 0 Å². The summed E-state index contributed by atoms with van der Waals surface area (Å²) in [6.45, 7) is 3.39. The molecule has 0 bridgehead atoms. The highest BCUT2D eigenvalue weighted by molar-refractivity contribution is 7.93. The molecule has 0 N–H and O–H groups in total. The quantitative estimate of drug-likeness (QED) is 0.611. The van der Waals surface area contributed by atoms with E-state index in [0.717, 1.165) is 5.69 Å². The fourth-order valence-electron chi connectivity index (χ4n) is 4.07. The van der Waals surface area contributed by atoms with E-state index in [0.29, 0.717) is 25.3 Å². The number of hydrogen-bond acceptors (Lipinski definition) is 8. The first-order valence-corrected chi connectivity index (χ1v) is 11.5. The fourth-order valence-corrected chi connectivity index (χ4v) is 6.47. The van der Waals surface area contributed by atoms with Crippen LogP contribution in [0.25, 0.3) is 0 Å². The maximum Gasteiger partial charge on any atom is 0.316 e. The number of aryl methyl sites for hydroxylation is 1. The van der Waals surface area contributed by atoms with Gasteiger partial charge in [-0.3, -0.25) is 9.48 Å². The van der Waals surface area contributed by atoms with Crippen molar-refractivity contribution < 1.29 is 22.7 Å². The van der Waals surface area contributed by atoms with Gasteiger partial charge in [-0.15, -0.1) is 0 Å². The Balaban J connectivity index is 1.42. The van der Waals surface area contributed by atoms with Crippen LogP contribution in [-0.4, -0.2) is 82.9 Å². The summed E-state index contributed by atoms with van der Waals surface area (Å²) in [7, 11) is -1.72. The van der Waals surface area contributed by atoms with E-state index in [1.165, 1.54) is 0 Å². The number of amides is 1. The van der Waals surface area contributed by atoms with Crippen LogP contribution >= 0.6 is 0 Å². The number of ether oxygens (including phenoxy) is 2. The maximum atomic E-state index is 12.8. The van der Waals surface area contributed by atoms with Gasteiger partial charge in [0.1, 0.15) is 10.4 Å². The van der Waals surface area contributed by atoms with E-state index in [2.05, 4.69) is 15.1 Å². The van der Waals surface area contributed by atoms with Gasteiger partial charge in [-0.1, -0.05) is 0 Å². The first kappa shape index (κ1) is 20.7. The van der Waals surface area contributed by atoms with E-state index >= 15 is 0 Å². The number of nitrogens with zero attached hydrogens (tertiary/aromatic N) is 5. The molecule has 2 aliphatic heterocycles. The second-order valence-corrected chi connectivity index (χ2v) is 10.2. The molecule has 11 heteroatoms. The summed E-state index contributed by atoms with van der Waals surface area (Å²) in [4.78, 5) is 22.6. The number of carbonyl (C=O) groups is 1. The molecule has 2 saturated heterocycles. The summed E-state index contributed by atoms with van der Waals surface area (Å²) in [6, 6.07) is 3.64. The molecule has 2 aromatic heterocycles. The van der Waals surface area contributed by atoms with Crippen molar-refractivity contribution in [2.24, 2.45) is 5.92 Å². The lowest BCUT2D eigenvalue weighted by Gasteiger charge is -2.49. The van der Waals surface area contributed by atoms with Gasteiger partial charge in [0.2, 0.25) is 0 Å². The molecule has 0 radical (unpaired) electrons. The van der Waals surface area contributed by atoms with Crippen LogP contribution in [0.2, 0.25) is 0 Å². The molecular weight excluding hydrogens is 410 g/mol. The van der Waals surface area contributed by atoms with Gasteiger partial charge < -0.3 is 14.4 Å². The minimum atomic E-state index is -3.32. The van der Waals surface area contributed by atoms with Crippen molar-refractivity contribution in [2.75, 3.05) is 39.2 Å². The zero-order valence-corrected chi connectivity index (χ0v) is 17.8. The minimum Gasteiger partial charge on any atom is -0.463 e. The maximum absolute atomic E-state index is 12.8. The van der Waals surface area contributed by atoms with E-state index in [-0.39, 0.29) is 43.3 Å². The summed E-state index contributed by atoms with van der Waals surface area (Å²) in [5.41, 5.74) is 1.08. The molecule has 162 valence electrons. The van der Waals surface area contributed by atoms with Crippen molar-refractivity contribution in [2.45, 2.75) is 24.6 Å². The molecular formula is C19H25N5O5S. The van der Waals surface area contributed by atoms with Crippen LogP contribution in [0.1, 0.15) is 22.6 Å². The van der Waals surface area contributed by atoms with Crippen LogP contribution in [0.15, 0.2) is 24.5 Å². The predicted molar refractivity (Wildman–Crippen MR) is 107 cm³/mol. The Morgan fingerprint density at radius 2 is 2.13 bits per heavy atom. The second-order valence-electron chi connectivity index (χ2n) is 7.78. The van der Waals surface area contributed by atoms with Crippen LogP contribution in [0.3, 0.4) is 0 Å². The van der Waals surface area contributed by atoms with E-state index < -0.39 is 14.6 Å². The molecule has 2 aliphatic rings. The molecule has 10 nitrogen and oxygen atoms in total. The largest absolute Gasteiger partial charge is 0.463 e. The SMILES string of the molecule is COCCn1ccc(C(=O)N2CC3(C2)[C@H](COc2nccc(C)n2)CCS3(=O)=O)n1. The number of sulfone groups is 1. The smallest absolute Gasteiger partial charge is 0.316 e. The zero-order valence-electron chi connectivity index (χ0n) is 17.0. The zero-order chi connectivity index (χ0) is 21.4. The van der Waals surface area contributed by atoms with Crippen molar-refractivity contribution in [1.82, 2.24) is 24.6 Å². The van der Waals surface area contributed by atoms with Crippen molar-refractivity contribution in [3.05, 3.63) is 35.9 Å². The van der Waals surface area contributed by atoms with E-state index in [1.54, 1.807) is 41.2 Å². The standard InChI is InChI=1S/C19H25N5O5S/c1-14-3-6-20-18(21-14)29-11-15-5-10-30(26,27)19(15)12-23(13-19)17(25)16-4-7-24(22-16)8-9-28-2/h3-4,6-7,15H,5,8-13H2,1-2H3/t15-/m0/s1. The Morgan fingerprint density at radius 3 is 2.87 bits per heavy atom. The van der Waals surface area contributed by atoms with Crippen LogP contribution in [0, 0.1) is 12.8 Å². The van der Waals surface area contributed by atoms with Gasteiger partial charge in [0.15, 0.2) is 9.84 Å². The summed E-state index contributed by atoms with van der Waals surface area (Å²) < 4.78 is 37.0. The second kappa shape index (κ2) is 7.95. The lowest BCUT2D eigenvalue weighted by atomic mass is 9.83. The number of rotatable bonds is 7. The van der Waals surface area contributed by atoms with Crippen molar-refractivity contribution >= 4 is 15.7 Å². The molecule has 2 fully saturated rings. The summed E-state index contributed by atoms with van der Waals surface area (Å²) in [5.74, 6) is -0.376. The first-order chi connectivity index (χ1) is 14.3. The minimum absolute atomic E-state index is 0.101. The summed E-state index contributed by atoms with van der Waals surface area (Å²) in [6.07, 6.45) is 3.82. The highest BCUT2D eigenvalue weighted by Gasteiger charge is 2.62. The highest BCUT2D eigenvalue weighted by Crippen LogP contribution is 2.45. The molecule has 4 rings (SSSR count). The molecule has 1 amide bonds. The van der Waals surface area contributed by atoms with E-state index in [1.807, 2.05) is 6.92 Å². The topological polar surface area (TPSA) is 117 Å².